The van der Waals surface area contributed by atoms with Crippen molar-refractivity contribution in [3.8, 4) is 0 Å². The van der Waals surface area contributed by atoms with Gasteiger partial charge in [-0.15, -0.1) is 0 Å². The van der Waals surface area contributed by atoms with Gasteiger partial charge in [0.2, 0.25) is 0 Å². The Labute approximate surface area is 434 Å². The van der Waals surface area contributed by atoms with E-state index in [1.165, 1.54) is 117 Å². The molecule has 0 bridgehead atoms. The quantitative estimate of drug-likeness (QED) is 0.0358. The fraction of sp³-hybridized carbons (Fsp3) is 0.704. The number of carbonyl (C=O) groups excluding carboxylic acids is 4. The summed E-state index contributed by atoms with van der Waals surface area (Å²) in [7, 11) is 0. The van der Waals surface area contributed by atoms with Crippen LogP contribution in [-0.2, 0) is 51.3 Å². The fourth-order valence-electron chi connectivity index (χ4n) is 7.94. The van der Waals surface area contributed by atoms with Crippen LogP contribution in [0.5, 0.6) is 0 Å². The zero-order chi connectivity index (χ0) is 46.9. The smallest absolute Gasteiger partial charge is 0.550 e. The van der Waals surface area contributed by atoms with Crippen molar-refractivity contribution in [1.82, 2.24) is 0 Å². The zero-order valence-electron chi connectivity index (χ0n) is 41.1. The number of benzene rings is 2. The molecule has 2 aromatic carbocycles. The molecule has 0 aliphatic heterocycles. The van der Waals surface area contributed by atoms with Crippen molar-refractivity contribution in [3.05, 3.63) is 71.8 Å². The van der Waals surface area contributed by atoms with Crippen molar-refractivity contribution in [2.24, 2.45) is 0 Å². The van der Waals surface area contributed by atoms with Crippen molar-refractivity contribution in [3.63, 3.8) is 0 Å². The summed E-state index contributed by atoms with van der Waals surface area (Å²) in [6.07, 6.45) is 27.1. The molecule has 0 heterocycles. The molecule has 0 saturated heterocycles. The first kappa shape index (κ1) is 62.8. The van der Waals surface area contributed by atoms with E-state index in [0.717, 1.165) is 49.7 Å². The third kappa shape index (κ3) is 38.5. The molecule has 65 heavy (non-hydrogen) atoms. The minimum absolute atomic E-state index is 0. The van der Waals surface area contributed by atoms with Gasteiger partial charge >= 0.3 is 60.8 Å². The molecule has 4 unspecified atom stereocenters. The first-order valence-electron chi connectivity index (χ1n) is 25.1. The second kappa shape index (κ2) is 44.3. The fourth-order valence-corrected chi connectivity index (χ4v) is 7.94. The van der Waals surface area contributed by atoms with Crippen molar-refractivity contribution in [2.75, 3.05) is 0 Å². The Morgan fingerprint density at radius 1 is 0.415 bits per heavy atom. The molecule has 2 aromatic rings. The summed E-state index contributed by atoms with van der Waals surface area (Å²) in [5.74, 6) is -2.88. The summed E-state index contributed by atoms with van der Waals surface area (Å²) in [6.45, 7) is 8.16. The van der Waals surface area contributed by atoms with E-state index >= 15 is 0 Å². The number of carboxylic acids is 2. The maximum absolute atomic E-state index is 11.7. The standard InChI is InChI=1S/2C27H44O5.Ba/c2*1-3-4-5-6-7-8-9-10-11-15-19-25(31-22-24-17-13-12-14-18-24)26(32-23(2)28)20-16-21-27(29)30;/h2*12-14,17-18,25-26H,3-11,15-16,19-22H2,1-2H3,(H,29,30);/q;;+2/p-2. The summed E-state index contributed by atoms with van der Waals surface area (Å²) in [5, 5.41) is 21.6. The van der Waals surface area contributed by atoms with Crippen molar-refractivity contribution in [2.45, 2.75) is 245 Å². The third-order valence-electron chi connectivity index (χ3n) is 11.5. The summed E-state index contributed by atoms with van der Waals surface area (Å²) in [6, 6.07) is 19.8. The summed E-state index contributed by atoms with van der Waals surface area (Å²) in [5.41, 5.74) is 2.13. The first-order chi connectivity index (χ1) is 31.0. The third-order valence-corrected chi connectivity index (χ3v) is 11.5. The number of unbranched alkanes of at least 4 members (excludes halogenated alkanes) is 18. The molecule has 10 nitrogen and oxygen atoms in total. The number of hydrogen-bond acceptors (Lipinski definition) is 10. The van der Waals surface area contributed by atoms with Crippen LogP contribution in [-0.4, -0.2) is 97.2 Å². The van der Waals surface area contributed by atoms with Crippen molar-refractivity contribution < 1.29 is 48.3 Å². The van der Waals surface area contributed by atoms with E-state index in [4.69, 9.17) is 18.9 Å². The van der Waals surface area contributed by atoms with E-state index < -0.39 is 24.1 Å². The average Bonchev–Trinajstić information content (AvgIpc) is 3.27. The molecule has 0 amide bonds. The topological polar surface area (TPSA) is 151 Å². The van der Waals surface area contributed by atoms with E-state index in [9.17, 15) is 29.4 Å². The minimum atomic E-state index is -1.08. The van der Waals surface area contributed by atoms with Gasteiger partial charge in [-0.25, -0.2) is 0 Å². The van der Waals surface area contributed by atoms with Crippen LogP contribution in [0.25, 0.3) is 0 Å². The second-order valence-electron chi connectivity index (χ2n) is 17.4. The maximum atomic E-state index is 11.7. The van der Waals surface area contributed by atoms with Crippen LogP contribution >= 0.6 is 0 Å². The minimum Gasteiger partial charge on any atom is -0.550 e. The number of carbonyl (C=O) groups is 4. The van der Waals surface area contributed by atoms with Crippen LogP contribution in [0.1, 0.15) is 219 Å². The SMILES string of the molecule is CCCCCCCCCCCCC(OCc1ccccc1)C(CCCC(=O)[O-])OC(C)=O.CCCCCCCCCCCCC(OCc1ccccc1)C(CCCC(=O)[O-])OC(C)=O.[Ba+2]. The van der Waals surface area contributed by atoms with Crippen molar-refractivity contribution >= 4 is 72.8 Å². The molecule has 0 aliphatic rings. The Hall–Kier alpha value is -2.19. The molecule has 364 valence electrons. The van der Waals surface area contributed by atoms with E-state index in [1.807, 2.05) is 60.7 Å². The summed E-state index contributed by atoms with van der Waals surface area (Å²) in [4.78, 5) is 44.9. The molecule has 0 spiro atoms. The van der Waals surface area contributed by atoms with Gasteiger partial charge in [-0.05, 0) is 62.5 Å². The van der Waals surface area contributed by atoms with Crippen LogP contribution in [0.2, 0.25) is 0 Å². The number of esters is 2. The number of rotatable bonds is 40. The molecule has 11 heteroatoms. The van der Waals surface area contributed by atoms with Gasteiger partial charge in [0.1, 0.15) is 12.2 Å². The van der Waals surface area contributed by atoms with Gasteiger partial charge in [-0.3, -0.25) is 9.59 Å². The Morgan fingerprint density at radius 3 is 0.969 bits per heavy atom. The molecule has 0 saturated carbocycles. The number of aliphatic carboxylic acids is 2. The van der Waals surface area contributed by atoms with Gasteiger partial charge in [0.25, 0.3) is 0 Å². The Morgan fingerprint density at radius 2 is 0.692 bits per heavy atom. The van der Waals surface area contributed by atoms with Crippen LogP contribution in [0, 0.1) is 0 Å². The van der Waals surface area contributed by atoms with Crippen LogP contribution in [0.4, 0.5) is 0 Å². The molecule has 0 N–H and O–H groups in total. The van der Waals surface area contributed by atoms with E-state index in [0.29, 0.717) is 38.9 Å². The Balaban J connectivity index is 0.00000124. The number of ether oxygens (including phenoxy) is 4. The normalized spacial score (nSPS) is 12.7. The number of carboxylic acid groups (broad SMARTS) is 2. The van der Waals surface area contributed by atoms with Gasteiger partial charge in [0.15, 0.2) is 0 Å². The van der Waals surface area contributed by atoms with E-state index in [1.54, 1.807) is 0 Å². The monoisotopic (exact) mass is 1030 g/mol. The molecule has 0 fully saturated rings. The van der Waals surface area contributed by atoms with Gasteiger partial charge in [0, 0.05) is 25.8 Å². The van der Waals surface area contributed by atoms with Gasteiger partial charge in [-0.1, -0.05) is 203 Å². The number of hydrogen-bond donors (Lipinski definition) is 0. The predicted molar refractivity (Wildman–Crippen MR) is 258 cm³/mol. The first-order valence-corrected chi connectivity index (χ1v) is 25.1. The molecule has 0 aliphatic carbocycles. The molecule has 2 rings (SSSR count). The summed E-state index contributed by atoms with van der Waals surface area (Å²) >= 11 is 0. The van der Waals surface area contributed by atoms with Crippen LogP contribution in [0.3, 0.4) is 0 Å². The van der Waals surface area contributed by atoms with E-state index in [2.05, 4.69) is 13.8 Å². The largest absolute Gasteiger partial charge is 2.00 e. The van der Waals surface area contributed by atoms with Gasteiger partial charge in [-0.2, -0.15) is 0 Å². The predicted octanol–water partition coefficient (Wildman–Crippen LogP) is 11.1. The molecule has 0 aromatic heterocycles. The van der Waals surface area contributed by atoms with Crippen LogP contribution < -0.4 is 10.2 Å². The zero-order valence-corrected chi connectivity index (χ0v) is 45.5. The molecular weight excluding hydrogens is 946 g/mol. The molecule has 4 atom stereocenters. The Bertz CT molecular complexity index is 1320. The van der Waals surface area contributed by atoms with Crippen molar-refractivity contribution in [1.29, 1.82) is 0 Å². The average molecular weight is 1030 g/mol. The van der Waals surface area contributed by atoms with Gasteiger partial charge < -0.3 is 38.7 Å². The summed E-state index contributed by atoms with van der Waals surface area (Å²) < 4.78 is 23.5. The molecular formula is C54H86BaO10. The molecule has 0 radical (unpaired) electrons. The Kier molecular flexibility index (Phi) is 42.8. The van der Waals surface area contributed by atoms with Gasteiger partial charge in [0.05, 0.1) is 25.4 Å². The maximum Gasteiger partial charge on any atom is 2.00 e. The van der Waals surface area contributed by atoms with Crippen LogP contribution in [0.15, 0.2) is 60.7 Å². The van der Waals surface area contributed by atoms with E-state index in [-0.39, 0.29) is 85.9 Å². The second-order valence-corrected chi connectivity index (χ2v) is 17.4.